The highest BCUT2D eigenvalue weighted by Gasteiger charge is 2.33. The molecule has 0 fully saturated rings. The highest BCUT2D eigenvalue weighted by Crippen LogP contribution is 2.40. The third-order valence-electron chi connectivity index (χ3n) is 2.39. The van der Waals surface area contributed by atoms with Crippen molar-refractivity contribution in [3.05, 3.63) is 53.1 Å². The van der Waals surface area contributed by atoms with Crippen molar-refractivity contribution in [1.29, 1.82) is 0 Å². The summed E-state index contributed by atoms with van der Waals surface area (Å²) in [4.78, 5) is 10.5. The van der Waals surface area contributed by atoms with Crippen LogP contribution in [0.15, 0.2) is 42.5 Å². The lowest BCUT2D eigenvalue weighted by Gasteiger charge is -2.15. The van der Waals surface area contributed by atoms with Crippen LogP contribution in [0.5, 0.6) is 17.2 Å². The normalized spacial score (nSPS) is 11.0. The standard InChI is InChI=1S/C14H8ClF3O3/c15-11-2-1-3-12(13(11)21-14(16,17)18)20-10-6-4-9(8-19)5-7-10/h1-8H. The van der Waals surface area contributed by atoms with Gasteiger partial charge >= 0.3 is 6.36 Å². The molecule has 0 radical (unpaired) electrons. The van der Waals surface area contributed by atoms with Gasteiger partial charge in [-0.1, -0.05) is 17.7 Å². The zero-order chi connectivity index (χ0) is 15.5. The van der Waals surface area contributed by atoms with E-state index in [1.165, 1.54) is 42.5 Å². The van der Waals surface area contributed by atoms with Crippen LogP contribution in [0.4, 0.5) is 13.2 Å². The number of ether oxygens (including phenoxy) is 2. The first-order valence-electron chi connectivity index (χ1n) is 5.66. The summed E-state index contributed by atoms with van der Waals surface area (Å²) in [6.07, 6.45) is -4.24. The van der Waals surface area contributed by atoms with Gasteiger partial charge < -0.3 is 9.47 Å². The van der Waals surface area contributed by atoms with E-state index in [1.807, 2.05) is 0 Å². The number of benzene rings is 2. The molecular weight excluding hydrogens is 309 g/mol. The van der Waals surface area contributed by atoms with Gasteiger partial charge in [0.2, 0.25) is 0 Å². The molecule has 0 atom stereocenters. The van der Waals surface area contributed by atoms with Crippen LogP contribution in [0, 0.1) is 0 Å². The number of carbonyl (C=O) groups is 1. The lowest BCUT2D eigenvalue weighted by Crippen LogP contribution is -2.17. The number of alkyl halides is 3. The molecule has 0 aliphatic heterocycles. The lowest BCUT2D eigenvalue weighted by atomic mass is 10.2. The van der Waals surface area contributed by atoms with Crippen molar-refractivity contribution in [2.45, 2.75) is 6.36 Å². The maximum absolute atomic E-state index is 12.4. The number of carbonyl (C=O) groups excluding carboxylic acids is 1. The Kier molecular flexibility index (Phi) is 4.37. The summed E-state index contributed by atoms with van der Waals surface area (Å²) < 4.78 is 46.3. The van der Waals surface area contributed by atoms with Crippen molar-refractivity contribution < 1.29 is 27.4 Å². The SMILES string of the molecule is O=Cc1ccc(Oc2cccc(Cl)c2OC(F)(F)F)cc1. The predicted octanol–water partition coefficient (Wildman–Crippen LogP) is 4.84. The molecule has 0 unspecified atom stereocenters. The predicted molar refractivity (Wildman–Crippen MR) is 70.0 cm³/mol. The Bertz CT molecular complexity index is 639. The van der Waals surface area contributed by atoms with Crippen LogP contribution in [0.2, 0.25) is 5.02 Å². The Morgan fingerprint density at radius 2 is 1.71 bits per heavy atom. The molecule has 21 heavy (non-hydrogen) atoms. The molecule has 0 aromatic heterocycles. The molecule has 0 aliphatic rings. The summed E-state index contributed by atoms with van der Waals surface area (Å²) in [5.74, 6) is -0.556. The minimum absolute atomic E-state index is 0.182. The van der Waals surface area contributed by atoms with E-state index in [4.69, 9.17) is 16.3 Å². The van der Waals surface area contributed by atoms with Crippen molar-refractivity contribution in [3.63, 3.8) is 0 Å². The van der Waals surface area contributed by atoms with Gasteiger partial charge in [0, 0.05) is 5.56 Å². The second-order valence-corrected chi connectivity index (χ2v) is 4.31. The van der Waals surface area contributed by atoms with Crippen molar-refractivity contribution in [2.75, 3.05) is 0 Å². The van der Waals surface area contributed by atoms with Crippen LogP contribution in [0.25, 0.3) is 0 Å². The molecule has 0 N–H and O–H groups in total. The van der Waals surface area contributed by atoms with Crippen molar-refractivity contribution in [3.8, 4) is 17.2 Å². The zero-order valence-corrected chi connectivity index (χ0v) is 11.1. The van der Waals surface area contributed by atoms with E-state index in [0.29, 0.717) is 11.8 Å². The number of aldehydes is 1. The second kappa shape index (κ2) is 6.05. The third kappa shape index (κ3) is 4.13. The van der Waals surface area contributed by atoms with Gasteiger partial charge in [-0.25, -0.2) is 0 Å². The number of halogens is 4. The minimum atomic E-state index is -4.88. The Balaban J connectivity index is 2.30. The number of rotatable bonds is 4. The molecule has 0 aliphatic carbocycles. The van der Waals surface area contributed by atoms with Crippen LogP contribution >= 0.6 is 11.6 Å². The van der Waals surface area contributed by atoms with Crippen LogP contribution in [-0.4, -0.2) is 12.6 Å². The quantitative estimate of drug-likeness (QED) is 0.757. The van der Waals surface area contributed by atoms with E-state index in [2.05, 4.69) is 4.74 Å². The maximum Gasteiger partial charge on any atom is 0.573 e. The van der Waals surface area contributed by atoms with Gasteiger partial charge in [0.1, 0.15) is 12.0 Å². The van der Waals surface area contributed by atoms with Gasteiger partial charge in [0.05, 0.1) is 5.02 Å². The molecule has 110 valence electrons. The topological polar surface area (TPSA) is 35.5 Å². The fraction of sp³-hybridized carbons (Fsp3) is 0.0714. The van der Waals surface area contributed by atoms with Gasteiger partial charge in [-0.3, -0.25) is 4.79 Å². The molecule has 0 amide bonds. The molecule has 7 heteroatoms. The largest absolute Gasteiger partial charge is 0.573 e. The van der Waals surface area contributed by atoms with E-state index >= 15 is 0 Å². The first-order valence-corrected chi connectivity index (χ1v) is 6.04. The smallest absolute Gasteiger partial charge is 0.453 e. The minimum Gasteiger partial charge on any atom is -0.453 e. The fourth-order valence-corrected chi connectivity index (χ4v) is 1.73. The first kappa shape index (κ1) is 15.2. The fourth-order valence-electron chi connectivity index (χ4n) is 1.53. The Labute approximate surface area is 122 Å². The summed E-state index contributed by atoms with van der Waals surface area (Å²) in [6.45, 7) is 0. The highest BCUT2D eigenvalue weighted by molar-refractivity contribution is 6.32. The van der Waals surface area contributed by atoms with Gasteiger partial charge in [-0.05, 0) is 36.4 Å². The number of para-hydroxylation sites is 1. The molecule has 0 saturated carbocycles. The maximum atomic E-state index is 12.4. The Morgan fingerprint density at radius 3 is 2.29 bits per heavy atom. The Hall–Kier alpha value is -2.21. The summed E-state index contributed by atoms with van der Waals surface area (Å²) in [5.41, 5.74) is 0.417. The number of hydrogen-bond acceptors (Lipinski definition) is 3. The molecule has 0 spiro atoms. The first-order chi connectivity index (χ1) is 9.89. The monoisotopic (exact) mass is 316 g/mol. The Morgan fingerprint density at radius 1 is 1.05 bits per heavy atom. The van der Waals surface area contributed by atoms with Crippen LogP contribution < -0.4 is 9.47 Å². The summed E-state index contributed by atoms with van der Waals surface area (Å²) in [7, 11) is 0. The van der Waals surface area contributed by atoms with Crippen molar-refractivity contribution >= 4 is 17.9 Å². The molecule has 0 bridgehead atoms. The van der Waals surface area contributed by atoms with Gasteiger partial charge in [-0.2, -0.15) is 0 Å². The molecule has 0 saturated heterocycles. The molecule has 2 aromatic rings. The summed E-state index contributed by atoms with van der Waals surface area (Å²) in [6, 6.07) is 9.81. The van der Waals surface area contributed by atoms with E-state index < -0.39 is 12.1 Å². The van der Waals surface area contributed by atoms with E-state index in [-0.39, 0.29) is 16.5 Å². The third-order valence-corrected chi connectivity index (χ3v) is 2.69. The van der Waals surface area contributed by atoms with Crippen molar-refractivity contribution in [2.24, 2.45) is 0 Å². The van der Waals surface area contributed by atoms with Gasteiger partial charge in [0.25, 0.3) is 0 Å². The molecule has 2 rings (SSSR count). The molecule has 3 nitrogen and oxygen atoms in total. The summed E-state index contributed by atoms with van der Waals surface area (Å²) >= 11 is 5.70. The van der Waals surface area contributed by atoms with Crippen LogP contribution in [0.3, 0.4) is 0 Å². The van der Waals surface area contributed by atoms with E-state index in [9.17, 15) is 18.0 Å². The van der Waals surface area contributed by atoms with E-state index in [1.54, 1.807) is 0 Å². The van der Waals surface area contributed by atoms with Gasteiger partial charge in [0.15, 0.2) is 11.5 Å². The molecule has 2 aromatic carbocycles. The molecule has 0 heterocycles. The van der Waals surface area contributed by atoms with Crippen LogP contribution in [0.1, 0.15) is 10.4 Å². The lowest BCUT2D eigenvalue weighted by molar-refractivity contribution is -0.275. The summed E-state index contributed by atoms with van der Waals surface area (Å²) in [5, 5.41) is -0.227. The van der Waals surface area contributed by atoms with E-state index in [0.717, 1.165) is 0 Å². The average molecular weight is 317 g/mol. The average Bonchev–Trinajstić information content (AvgIpc) is 2.42. The van der Waals surface area contributed by atoms with Crippen LogP contribution in [-0.2, 0) is 0 Å². The molecular formula is C14H8ClF3O3. The zero-order valence-electron chi connectivity index (χ0n) is 10.4. The number of hydrogen-bond donors (Lipinski definition) is 0. The second-order valence-electron chi connectivity index (χ2n) is 3.90. The van der Waals surface area contributed by atoms with Gasteiger partial charge in [-0.15, -0.1) is 13.2 Å². The van der Waals surface area contributed by atoms with Crippen molar-refractivity contribution in [1.82, 2.24) is 0 Å². The highest BCUT2D eigenvalue weighted by atomic mass is 35.5.